The summed E-state index contributed by atoms with van der Waals surface area (Å²) >= 11 is 0. The first-order valence-corrected chi connectivity index (χ1v) is 13.4. The Morgan fingerprint density at radius 1 is 1.03 bits per heavy atom. The summed E-state index contributed by atoms with van der Waals surface area (Å²) in [5.74, 6) is -1.31. The summed E-state index contributed by atoms with van der Waals surface area (Å²) in [5.41, 5.74) is 1.62. The number of hydrogen-bond donors (Lipinski definition) is 1. The predicted molar refractivity (Wildman–Crippen MR) is 142 cm³/mol. The third-order valence-electron chi connectivity index (χ3n) is 5.94. The van der Waals surface area contributed by atoms with Gasteiger partial charge >= 0.3 is 0 Å². The van der Waals surface area contributed by atoms with Gasteiger partial charge in [-0.05, 0) is 69.3 Å². The first-order chi connectivity index (χ1) is 18.5. The summed E-state index contributed by atoms with van der Waals surface area (Å²) in [7, 11) is -3.63. The van der Waals surface area contributed by atoms with E-state index < -0.39 is 21.7 Å². The highest BCUT2D eigenvalue weighted by Crippen LogP contribution is 2.35. The molecule has 0 fully saturated rings. The largest absolute Gasteiger partial charge is 0.452 e. The van der Waals surface area contributed by atoms with Crippen LogP contribution in [-0.4, -0.2) is 28.9 Å². The maximum Gasteiger partial charge on any atom is 0.257 e. The molecule has 0 amide bonds. The molecule has 0 spiro atoms. The molecule has 9 nitrogen and oxygen atoms in total. The minimum Gasteiger partial charge on any atom is -0.452 e. The molecule has 0 aliphatic heterocycles. The number of hydrogen-bond acceptors (Lipinski definition) is 7. The second-order valence-corrected chi connectivity index (χ2v) is 10.8. The van der Waals surface area contributed by atoms with E-state index in [0.717, 1.165) is 12.1 Å². The molecule has 0 unspecified atom stereocenters. The van der Waals surface area contributed by atoms with E-state index in [1.807, 2.05) is 0 Å². The van der Waals surface area contributed by atoms with E-state index >= 15 is 0 Å². The Hall–Kier alpha value is -4.58. The monoisotopic (exact) mass is 552 g/mol. The Morgan fingerprint density at radius 2 is 1.79 bits per heavy atom. The van der Waals surface area contributed by atoms with Gasteiger partial charge in [-0.1, -0.05) is 5.16 Å². The van der Waals surface area contributed by atoms with E-state index in [1.165, 1.54) is 25.1 Å². The third-order valence-corrected chi connectivity index (χ3v) is 7.25. The zero-order chi connectivity index (χ0) is 27.9. The van der Waals surface area contributed by atoms with Gasteiger partial charge in [0.25, 0.3) is 5.89 Å². The fourth-order valence-electron chi connectivity index (χ4n) is 3.99. The number of benzene rings is 3. The van der Waals surface area contributed by atoms with Crippen molar-refractivity contribution in [2.45, 2.75) is 20.8 Å². The van der Waals surface area contributed by atoms with E-state index in [2.05, 4.69) is 14.9 Å². The van der Waals surface area contributed by atoms with Crippen LogP contribution in [0, 0.1) is 25.5 Å². The van der Waals surface area contributed by atoms with Crippen LogP contribution < -0.4 is 14.9 Å². The summed E-state index contributed by atoms with van der Waals surface area (Å²) in [6, 6.07) is 12.3. The second-order valence-electron chi connectivity index (χ2n) is 8.75. The Bertz CT molecular complexity index is 1900. The Labute approximate surface area is 221 Å². The van der Waals surface area contributed by atoms with Crippen LogP contribution in [-0.2, 0) is 10.0 Å². The highest BCUT2D eigenvalue weighted by Gasteiger charge is 2.18. The van der Waals surface area contributed by atoms with Crippen molar-refractivity contribution in [1.82, 2.24) is 14.7 Å². The normalized spacial score (nSPS) is 11.6. The molecule has 1 N–H and O–H groups in total. The lowest BCUT2D eigenvalue weighted by atomic mass is 10.1. The van der Waals surface area contributed by atoms with E-state index in [9.17, 15) is 22.0 Å². The number of fused-ring (bicyclic) bond motifs is 1. The van der Waals surface area contributed by atoms with Gasteiger partial charge in [0.2, 0.25) is 10.0 Å². The minimum absolute atomic E-state index is 0.114. The lowest BCUT2D eigenvalue weighted by Gasteiger charge is -2.19. The Balaban J connectivity index is 1.76. The molecule has 12 heteroatoms. The molecule has 5 aromatic rings. The molecular weight excluding hydrogens is 530 g/mol. The number of halogens is 2. The topological polar surface area (TPSA) is 116 Å². The fourth-order valence-corrected chi connectivity index (χ4v) is 4.62. The van der Waals surface area contributed by atoms with Crippen molar-refractivity contribution in [1.29, 1.82) is 0 Å². The summed E-state index contributed by atoms with van der Waals surface area (Å²) in [5, 5.41) is 4.17. The number of aryl methyl sites for hydroxylation is 2. The van der Waals surface area contributed by atoms with Gasteiger partial charge in [0.15, 0.2) is 28.6 Å². The van der Waals surface area contributed by atoms with Gasteiger partial charge in [-0.2, -0.15) is 4.98 Å². The number of nitrogens with zero attached hydrogens (tertiary/aromatic N) is 3. The molecule has 0 aliphatic carbocycles. The van der Waals surface area contributed by atoms with Crippen LogP contribution in [0.3, 0.4) is 0 Å². The summed E-state index contributed by atoms with van der Waals surface area (Å²) in [6.07, 6.45) is 1.56. The molecule has 2 aromatic heterocycles. The van der Waals surface area contributed by atoms with Gasteiger partial charge in [-0.3, -0.25) is 9.52 Å². The van der Waals surface area contributed by atoms with Crippen molar-refractivity contribution in [2.75, 3.05) is 10.5 Å². The average Bonchev–Trinajstić information content (AvgIpc) is 3.34. The molecule has 0 bridgehead atoms. The molecule has 0 aliphatic rings. The molecule has 39 heavy (non-hydrogen) atoms. The van der Waals surface area contributed by atoms with Crippen LogP contribution in [0.2, 0.25) is 0 Å². The number of sulfonamides is 1. The number of nitrogens with one attached hydrogen (secondary N) is 1. The van der Waals surface area contributed by atoms with Gasteiger partial charge in [0.05, 0.1) is 22.6 Å². The average molecular weight is 553 g/mol. The van der Waals surface area contributed by atoms with Gasteiger partial charge in [0, 0.05) is 28.8 Å². The van der Waals surface area contributed by atoms with Crippen LogP contribution in [0.4, 0.5) is 14.5 Å². The van der Waals surface area contributed by atoms with Gasteiger partial charge in [-0.25, -0.2) is 17.2 Å². The van der Waals surface area contributed by atoms with Gasteiger partial charge in [0.1, 0.15) is 5.82 Å². The molecule has 200 valence electrons. The lowest BCUT2D eigenvalue weighted by Crippen LogP contribution is -2.15. The molecule has 5 rings (SSSR count). The standard InChI is InChI=1S/C27H22F2N4O5S/c1-4-39(35,36)32-19-7-10-25(37-24-9-6-18(28)12-21(24)29)23(13-19)33-14-15(2)26(34)20-8-5-17(11-22(20)33)27-30-16(3)31-38-27/h5-14,32H,4H2,1-3H3. The summed E-state index contributed by atoms with van der Waals surface area (Å²) < 4.78 is 67.8. The van der Waals surface area contributed by atoms with Crippen LogP contribution >= 0.6 is 0 Å². The number of ether oxygens (including phenoxy) is 1. The van der Waals surface area contributed by atoms with Crippen molar-refractivity contribution < 1.29 is 26.5 Å². The molecule has 0 saturated heterocycles. The van der Waals surface area contributed by atoms with Gasteiger partial charge in [-0.15, -0.1) is 0 Å². The lowest BCUT2D eigenvalue weighted by molar-refractivity contribution is 0.425. The quantitative estimate of drug-likeness (QED) is 0.284. The number of anilines is 1. The zero-order valence-electron chi connectivity index (χ0n) is 21.0. The molecule has 0 saturated carbocycles. The molecule has 0 atom stereocenters. The highest BCUT2D eigenvalue weighted by atomic mass is 32.2. The number of aromatic nitrogens is 3. The van der Waals surface area contributed by atoms with Crippen LogP contribution in [0.1, 0.15) is 18.3 Å². The smallest absolute Gasteiger partial charge is 0.257 e. The predicted octanol–water partition coefficient (Wildman–Crippen LogP) is 5.49. The number of rotatable bonds is 7. The van der Waals surface area contributed by atoms with Crippen molar-refractivity contribution >= 4 is 26.6 Å². The number of pyridine rings is 1. The summed E-state index contributed by atoms with van der Waals surface area (Å²) in [4.78, 5) is 17.3. The molecular formula is C27H22F2N4O5S. The van der Waals surface area contributed by atoms with E-state index in [0.29, 0.717) is 33.9 Å². The van der Waals surface area contributed by atoms with Gasteiger partial charge < -0.3 is 13.8 Å². The van der Waals surface area contributed by atoms with Crippen molar-refractivity contribution in [2.24, 2.45) is 0 Å². The van der Waals surface area contributed by atoms with Crippen LogP contribution in [0.15, 0.2) is 70.1 Å². The van der Waals surface area contributed by atoms with Crippen molar-refractivity contribution in [3.05, 3.63) is 94.0 Å². The summed E-state index contributed by atoms with van der Waals surface area (Å²) in [6.45, 7) is 4.81. The van der Waals surface area contributed by atoms with Crippen molar-refractivity contribution in [3.8, 4) is 28.6 Å². The zero-order valence-corrected chi connectivity index (χ0v) is 21.8. The minimum atomic E-state index is -3.63. The first-order valence-electron chi connectivity index (χ1n) is 11.8. The van der Waals surface area contributed by atoms with Crippen LogP contribution in [0.25, 0.3) is 28.0 Å². The molecule has 2 heterocycles. The van der Waals surface area contributed by atoms with E-state index in [4.69, 9.17) is 9.26 Å². The van der Waals surface area contributed by atoms with Crippen LogP contribution in [0.5, 0.6) is 11.5 Å². The Morgan fingerprint density at radius 3 is 2.49 bits per heavy atom. The maximum absolute atomic E-state index is 14.5. The highest BCUT2D eigenvalue weighted by molar-refractivity contribution is 7.92. The van der Waals surface area contributed by atoms with Crippen molar-refractivity contribution in [3.63, 3.8) is 0 Å². The molecule has 0 radical (unpaired) electrons. The van der Waals surface area contributed by atoms with E-state index in [1.54, 1.807) is 42.8 Å². The Kier molecular flexibility index (Phi) is 6.64. The van der Waals surface area contributed by atoms with E-state index in [-0.39, 0.29) is 39.9 Å². The first kappa shape index (κ1) is 26.0. The fraction of sp³-hybridized carbons (Fsp3) is 0.148. The third kappa shape index (κ3) is 5.23. The second kappa shape index (κ2) is 9.95. The molecule has 3 aromatic carbocycles. The SMILES string of the molecule is CCS(=O)(=O)Nc1ccc(Oc2ccc(F)cc2F)c(-n2cc(C)c(=O)c3ccc(-c4nc(C)no4)cc32)c1. The maximum atomic E-state index is 14.5.